The number of aromatic nitrogens is 1. The summed E-state index contributed by atoms with van der Waals surface area (Å²) in [6, 6.07) is 18.5. The summed E-state index contributed by atoms with van der Waals surface area (Å²) >= 11 is 1.22. The summed E-state index contributed by atoms with van der Waals surface area (Å²) in [5.74, 6) is -0.189. The lowest BCUT2D eigenvalue weighted by atomic mass is 10.1. The number of hydrogen-bond acceptors (Lipinski definition) is 5. The molecular formula is C21H19N3O2S. The Bertz CT molecular complexity index is 948. The van der Waals surface area contributed by atoms with Crippen molar-refractivity contribution in [3.05, 3.63) is 71.1 Å². The van der Waals surface area contributed by atoms with Crippen LogP contribution in [0, 0.1) is 0 Å². The van der Waals surface area contributed by atoms with Crippen LogP contribution in [0.4, 0.5) is 5.13 Å². The smallest absolute Gasteiger partial charge is 0.243 e. The number of carbonyl (C=O) groups is 2. The maximum absolute atomic E-state index is 13.0. The van der Waals surface area contributed by atoms with Crippen molar-refractivity contribution in [1.29, 1.82) is 0 Å². The lowest BCUT2D eigenvalue weighted by Gasteiger charge is -2.08. The molecule has 27 heavy (non-hydrogen) atoms. The van der Waals surface area contributed by atoms with Gasteiger partial charge in [-0.2, -0.15) is 0 Å². The average molecular weight is 377 g/mol. The van der Waals surface area contributed by atoms with Gasteiger partial charge in [0.05, 0.1) is 11.7 Å². The molecule has 4 rings (SSSR count). The Balaban J connectivity index is 1.69. The van der Waals surface area contributed by atoms with E-state index in [4.69, 9.17) is 0 Å². The van der Waals surface area contributed by atoms with E-state index in [1.165, 1.54) is 11.3 Å². The van der Waals surface area contributed by atoms with E-state index in [-0.39, 0.29) is 17.7 Å². The molecule has 2 aromatic carbocycles. The number of benzene rings is 2. The van der Waals surface area contributed by atoms with Gasteiger partial charge in [-0.15, -0.1) is 0 Å². The topological polar surface area (TPSA) is 71.1 Å². The number of nitrogens with one attached hydrogen (secondary N) is 2. The Morgan fingerprint density at radius 1 is 1.04 bits per heavy atom. The monoisotopic (exact) mass is 377 g/mol. The Labute approximate surface area is 161 Å². The van der Waals surface area contributed by atoms with Crippen LogP contribution in [0.15, 0.2) is 60.7 Å². The van der Waals surface area contributed by atoms with Crippen LogP contribution in [0.2, 0.25) is 0 Å². The van der Waals surface area contributed by atoms with Crippen molar-refractivity contribution in [2.75, 3.05) is 11.9 Å². The predicted octanol–water partition coefficient (Wildman–Crippen LogP) is 3.73. The summed E-state index contributed by atoms with van der Waals surface area (Å²) in [6.07, 6.45) is 1.81. The third-order valence-corrected chi connectivity index (χ3v) is 5.49. The molecule has 5 nitrogen and oxygen atoms in total. The maximum Gasteiger partial charge on any atom is 0.243 e. The molecule has 1 aliphatic rings. The molecule has 3 aromatic rings. The lowest BCUT2D eigenvalue weighted by molar-refractivity contribution is -0.117. The van der Waals surface area contributed by atoms with Gasteiger partial charge >= 0.3 is 0 Å². The third-order valence-electron chi connectivity index (χ3n) is 4.52. The molecule has 0 aliphatic carbocycles. The van der Waals surface area contributed by atoms with E-state index in [9.17, 15) is 9.59 Å². The quantitative estimate of drug-likeness (QED) is 0.665. The van der Waals surface area contributed by atoms with Gasteiger partial charge in [0, 0.05) is 11.1 Å². The van der Waals surface area contributed by atoms with Crippen LogP contribution in [0.25, 0.3) is 11.3 Å². The van der Waals surface area contributed by atoms with E-state index in [1.54, 1.807) is 12.1 Å². The molecule has 1 atom stereocenters. The van der Waals surface area contributed by atoms with Gasteiger partial charge in [-0.1, -0.05) is 72.0 Å². The van der Waals surface area contributed by atoms with Crippen molar-refractivity contribution in [1.82, 2.24) is 10.3 Å². The summed E-state index contributed by atoms with van der Waals surface area (Å²) in [5.41, 5.74) is 2.06. The number of amides is 1. The van der Waals surface area contributed by atoms with Crippen molar-refractivity contribution in [3.8, 4) is 11.3 Å². The molecule has 0 bridgehead atoms. The fourth-order valence-electron chi connectivity index (χ4n) is 3.14. The maximum atomic E-state index is 13.0. The fraction of sp³-hybridized carbons (Fsp3) is 0.190. The van der Waals surface area contributed by atoms with E-state index < -0.39 is 0 Å². The van der Waals surface area contributed by atoms with Crippen LogP contribution < -0.4 is 10.6 Å². The van der Waals surface area contributed by atoms with Crippen molar-refractivity contribution < 1.29 is 9.59 Å². The molecule has 0 spiro atoms. The van der Waals surface area contributed by atoms with E-state index in [1.807, 2.05) is 48.5 Å². The highest BCUT2D eigenvalue weighted by molar-refractivity contribution is 7.18. The minimum atomic E-state index is -0.192. The van der Waals surface area contributed by atoms with E-state index >= 15 is 0 Å². The molecule has 1 saturated heterocycles. The standard InChI is InChI=1S/C21H19N3O2S/c25-18(15-10-5-2-6-11-15)19-17(14-8-3-1-4-9-14)23-21(27-19)24-20(26)16-12-7-13-22-16/h1-6,8-11,16,22H,7,12-13H2,(H,23,24,26). The number of ketones is 1. The SMILES string of the molecule is O=C(c1ccccc1)c1sc(NC(=O)C2CCCN2)nc1-c1ccccc1. The summed E-state index contributed by atoms with van der Waals surface area (Å²) in [4.78, 5) is 30.6. The van der Waals surface area contributed by atoms with Crippen molar-refractivity contribution in [2.45, 2.75) is 18.9 Å². The number of hydrogen-bond donors (Lipinski definition) is 2. The zero-order valence-electron chi connectivity index (χ0n) is 14.6. The molecule has 0 saturated carbocycles. The molecule has 1 unspecified atom stereocenters. The van der Waals surface area contributed by atoms with Crippen molar-refractivity contribution in [3.63, 3.8) is 0 Å². The lowest BCUT2D eigenvalue weighted by Crippen LogP contribution is -2.35. The van der Waals surface area contributed by atoms with Gasteiger partial charge in [0.15, 0.2) is 5.13 Å². The van der Waals surface area contributed by atoms with Crippen LogP contribution in [0.1, 0.15) is 28.1 Å². The van der Waals surface area contributed by atoms with Gasteiger partial charge in [0.25, 0.3) is 0 Å². The molecule has 1 aliphatic heterocycles. The zero-order chi connectivity index (χ0) is 18.6. The van der Waals surface area contributed by atoms with Crippen LogP contribution in [0.5, 0.6) is 0 Å². The third kappa shape index (κ3) is 3.82. The molecule has 136 valence electrons. The minimum Gasteiger partial charge on any atom is -0.306 e. The van der Waals surface area contributed by atoms with Gasteiger partial charge in [0.2, 0.25) is 11.7 Å². The molecular weight excluding hydrogens is 358 g/mol. The molecule has 1 aromatic heterocycles. The van der Waals surface area contributed by atoms with E-state index in [2.05, 4.69) is 15.6 Å². The van der Waals surface area contributed by atoms with Crippen molar-refractivity contribution >= 4 is 28.2 Å². The first-order valence-electron chi connectivity index (χ1n) is 8.92. The first-order valence-corrected chi connectivity index (χ1v) is 9.74. The number of rotatable bonds is 5. The van der Waals surface area contributed by atoms with Gasteiger partial charge < -0.3 is 10.6 Å². The molecule has 1 fully saturated rings. The molecule has 2 N–H and O–H groups in total. The van der Waals surface area contributed by atoms with Crippen molar-refractivity contribution in [2.24, 2.45) is 0 Å². The summed E-state index contributed by atoms with van der Waals surface area (Å²) in [5, 5.41) is 6.50. The predicted molar refractivity (Wildman–Crippen MR) is 107 cm³/mol. The Morgan fingerprint density at radius 3 is 2.41 bits per heavy atom. The second-order valence-corrected chi connectivity index (χ2v) is 7.40. The van der Waals surface area contributed by atoms with Crippen LogP contribution >= 0.6 is 11.3 Å². The van der Waals surface area contributed by atoms with Gasteiger partial charge in [-0.3, -0.25) is 9.59 Å². The van der Waals surface area contributed by atoms with Crippen LogP contribution in [0.3, 0.4) is 0 Å². The summed E-state index contributed by atoms with van der Waals surface area (Å²) in [6.45, 7) is 0.850. The number of thiazole rings is 1. The molecule has 2 heterocycles. The van der Waals surface area contributed by atoms with E-state index in [0.29, 0.717) is 21.3 Å². The van der Waals surface area contributed by atoms with E-state index in [0.717, 1.165) is 24.9 Å². The highest BCUT2D eigenvalue weighted by Gasteiger charge is 2.25. The number of carbonyl (C=O) groups excluding carboxylic acids is 2. The molecule has 6 heteroatoms. The summed E-state index contributed by atoms with van der Waals surface area (Å²) < 4.78 is 0. The van der Waals surface area contributed by atoms with Gasteiger partial charge in [-0.25, -0.2) is 4.98 Å². The normalized spacial score (nSPS) is 16.2. The number of anilines is 1. The van der Waals surface area contributed by atoms with Crippen LogP contribution in [-0.4, -0.2) is 29.3 Å². The van der Waals surface area contributed by atoms with Gasteiger partial charge in [-0.05, 0) is 19.4 Å². The highest BCUT2D eigenvalue weighted by atomic mass is 32.1. The largest absolute Gasteiger partial charge is 0.306 e. The Hall–Kier alpha value is -2.83. The highest BCUT2D eigenvalue weighted by Crippen LogP contribution is 2.33. The summed E-state index contributed by atoms with van der Waals surface area (Å²) in [7, 11) is 0. The molecule has 1 amide bonds. The second-order valence-electron chi connectivity index (χ2n) is 6.40. The molecule has 0 radical (unpaired) electrons. The minimum absolute atomic E-state index is 0.0913. The first kappa shape index (κ1) is 17.6. The van der Waals surface area contributed by atoms with Gasteiger partial charge in [0.1, 0.15) is 4.88 Å². The Kier molecular flexibility index (Phi) is 5.09. The fourth-order valence-corrected chi connectivity index (χ4v) is 4.09. The van der Waals surface area contributed by atoms with Crippen LogP contribution in [-0.2, 0) is 4.79 Å². The number of nitrogens with zero attached hydrogens (tertiary/aromatic N) is 1. The average Bonchev–Trinajstić information content (AvgIpc) is 3.39. The Morgan fingerprint density at radius 2 is 1.74 bits per heavy atom. The first-order chi connectivity index (χ1) is 13.2. The zero-order valence-corrected chi connectivity index (χ0v) is 15.5. The second kappa shape index (κ2) is 7.82.